The zero-order chi connectivity index (χ0) is 31.1. The first-order valence-electron chi connectivity index (χ1n) is 14.3. The first-order valence-corrected chi connectivity index (χ1v) is 15.4. The number of esters is 1. The Hall–Kier alpha value is -2.48. The van der Waals surface area contributed by atoms with Crippen molar-refractivity contribution >= 4 is 41.4 Å². The minimum Gasteiger partial charge on any atom is -0.467 e. The van der Waals surface area contributed by atoms with Crippen molar-refractivity contribution in [2.45, 2.75) is 102 Å². The number of hydrogen-bond acceptors (Lipinski definition) is 11. The molecule has 236 valence electrons. The van der Waals surface area contributed by atoms with Gasteiger partial charge in [-0.3, -0.25) is 14.9 Å². The predicted molar refractivity (Wildman–Crippen MR) is 154 cm³/mol. The van der Waals surface area contributed by atoms with Crippen LogP contribution in [0.1, 0.15) is 66.2 Å². The molecule has 1 spiro atoms. The minimum absolute atomic E-state index is 0.0152. The van der Waals surface area contributed by atoms with E-state index in [2.05, 4.69) is 23.6 Å². The molecule has 1 unspecified atom stereocenters. The van der Waals surface area contributed by atoms with Crippen molar-refractivity contribution in [2.75, 3.05) is 32.3 Å². The fraction of sp³-hybridized carbons (Fsp3) is 0.759. The summed E-state index contributed by atoms with van der Waals surface area (Å²) < 4.78 is 28.4. The van der Waals surface area contributed by atoms with Crippen LogP contribution >= 0.6 is 11.8 Å². The number of hydrogen-bond donors (Lipinski definition) is 2. The topological polar surface area (TPSA) is 162 Å². The number of methoxy groups -OCH3 is 2. The normalized spacial score (nSPS) is 30.0. The lowest BCUT2D eigenvalue weighted by atomic mass is 9.68. The first kappa shape index (κ1) is 34.0. The Morgan fingerprint density at radius 3 is 2.40 bits per heavy atom. The van der Waals surface area contributed by atoms with Gasteiger partial charge in [-0.15, -0.1) is 11.8 Å². The molecule has 2 saturated heterocycles. The van der Waals surface area contributed by atoms with Crippen LogP contribution in [0.4, 0.5) is 4.79 Å². The van der Waals surface area contributed by atoms with E-state index >= 15 is 0 Å². The number of carbonyl (C=O) groups is 5. The third-order valence-electron chi connectivity index (χ3n) is 8.01. The molecule has 12 nitrogen and oxygen atoms in total. The van der Waals surface area contributed by atoms with Crippen LogP contribution in [-0.4, -0.2) is 97.5 Å². The molecule has 3 fully saturated rings. The predicted octanol–water partition coefficient (Wildman–Crippen LogP) is 2.47. The van der Waals surface area contributed by atoms with E-state index in [1.165, 1.54) is 19.6 Å². The van der Waals surface area contributed by atoms with Gasteiger partial charge in [0.25, 0.3) is 0 Å². The van der Waals surface area contributed by atoms with Crippen LogP contribution in [0.5, 0.6) is 0 Å². The number of allylic oxidation sites excluding steroid dienone is 1. The van der Waals surface area contributed by atoms with Crippen molar-refractivity contribution in [3.8, 4) is 0 Å². The van der Waals surface area contributed by atoms with E-state index in [1.807, 2.05) is 13.8 Å². The Balaban J connectivity index is 1.49. The van der Waals surface area contributed by atoms with Crippen LogP contribution < -0.4 is 10.6 Å². The van der Waals surface area contributed by atoms with Crippen molar-refractivity contribution in [1.29, 1.82) is 0 Å². The number of amides is 3. The smallest absolute Gasteiger partial charge is 0.414 e. The molecule has 0 aromatic carbocycles. The van der Waals surface area contributed by atoms with Gasteiger partial charge >= 0.3 is 12.1 Å². The third-order valence-corrected chi connectivity index (χ3v) is 9.04. The van der Waals surface area contributed by atoms with Crippen LogP contribution in [0.25, 0.3) is 0 Å². The van der Waals surface area contributed by atoms with Crippen molar-refractivity contribution in [3.05, 3.63) is 11.6 Å². The maximum absolute atomic E-state index is 12.7. The molecular formula is C29H44N2O10S. The van der Waals surface area contributed by atoms with Gasteiger partial charge in [0.1, 0.15) is 35.2 Å². The number of nitrogens with one attached hydrogen (secondary N) is 2. The zero-order valence-electron chi connectivity index (χ0n) is 25.3. The summed E-state index contributed by atoms with van der Waals surface area (Å²) in [6.45, 7) is 8.18. The fourth-order valence-electron chi connectivity index (χ4n) is 5.73. The molecule has 3 rings (SSSR count). The van der Waals surface area contributed by atoms with Crippen molar-refractivity contribution < 1.29 is 47.7 Å². The number of rotatable bonds is 15. The minimum atomic E-state index is -0.977. The summed E-state index contributed by atoms with van der Waals surface area (Å²) in [5.41, 5.74) is 0.369. The summed E-state index contributed by atoms with van der Waals surface area (Å²) in [5.74, 6) is -1.93. The molecule has 2 aliphatic heterocycles. The van der Waals surface area contributed by atoms with Gasteiger partial charge in [-0.05, 0) is 53.4 Å². The molecule has 2 heterocycles. The Morgan fingerprint density at radius 1 is 1.10 bits per heavy atom. The van der Waals surface area contributed by atoms with Crippen LogP contribution in [0.2, 0.25) is 0 Å². The second kappa shape index (κ2) is 14.8. The molecular weight excluding hydrogens is 568 g/mol. The summed E-state index contributed by atoms with van der Waals surface area (Å²) in [7, 11) is 2.77. The molecule has 0 radical (unpaired) electrons. The quantitative estimate of drug-likeness (QED) is 0.159. The number of imide groups is 1. The fourth-order valence-corrected chi connectivity index (χ4v) is 6.56. The van der Waals surface area contributed by atoms with Gasteiger partial charge in [0, 0.05) is 25.7 Å². The Kier molecular flexibility index (Phi) is 12.0. The van der Waals surface area contributed by atoms with E-state index in [-0.39, 0.29) is 47.8 Å². The van der Waals surface area contributed by atoms with Crippen LogP contribution in [0.3, 0.4) is 0 Å². The van der Waals surface area contributed by atoms with E-state index in [0.29, 0.717) is 25.9 Å². The van der Waals surface area contributed by atoms with Crippen molar-refractivity contribution in [1.82, 2.24) is 10.6 Å². The number of epoxide rings is 2. The molecule has 3 aliphatic rings. The molecule has 1 aliphatic carbocycles. The molecule has 42 heavy (non-hydrogen) atoms. The van der Waals surface area contributed by atoms with Crippen LogP contribution in [0.15, 0.2) is 11.6 Å². The van der Waals surface area contributed by atoms with E-state index in [9.17, 15) is 24.0 Å². The van der Waals surface area contributed by atoms with Gasteiger partial charge in [-0.1, -0.05) is 11.6 Å². The lowest BCUT2D eigenvalue weighted by Crippen LogP contribution is -2.56. The third kappa shape index (κ3) is 9.01. The number of Topliss-reactive ketones (excluding diaryl/α,β-unsaturated/α-hetero) is 1. The Labute approximate surface area is 251 Å². The van der Waals surface area contributed by atoms with Gasteiger partial charge in [0.15, 0.2) is 0 Å². The van der Waals surface area contributed by atoms with Gasteiger partial charge < -0.3 is 33.8 Å². The van der Waals surface area contributed by atoms with E-state index in [4.69, 9.17) is 23.7 Å². The van der Waals surface area contributed by atoms with Crippen molar-refractivity contribution in [3.63, 3.8) is 0 Å². The van der Waals surface area contributed by atoms with Gasteiger partial charge in [-0.2, -0.15) is 0 Å². The second-order valence-electron chi connectivity index (χ2n) is 11.6. The second-order valence-corrected chi connectivity index (χ2v) is 12.6. The molecule has 0 aromatic rings. The monoisotopic (exact) mass is 612 g/mol. The SMILES string of the molecule is COC(=O)[C@@H](CSCC(=O)NC(=O)O[C@@H]1CC[C@]2(CO2)[C@@H](C2(C)O[C@@H]2CC=C(C)C)[C@@H]1OC)NC(=O)CCCC(C)=O. The Bertz CT molecular complexity index is 1060. The van der Waals surface area contributed by atoms with Gasteiger partial charge in [-0.25, -0.2) is 9.59 Å². The van der Waals surface area contributed by atoms with Gasteiger partial charge in [0.05, 0.1) is 31.5 Å². The number of ketones is 1. The van der Waals surface area contributed by atoms with E-state index in [0.717, 1.165) is 18.2 Å². The summed E-state index contributed by atoms with van der Waals surface area (Å²) in [5, 5.41) is 4.80. The van der Waals surface area contributed by atoms with Crippen molar-refractivity contribution in [2.24, 2.45) is 5.92 Å². The molecule has 0 bridgehead atoms. The van der Waals surface area contributed by atoms with Gasteiger partial charge in [0.2, 0.25) is 11.8 Å². The largest absolute Gasteiger partial charge is 0.467 e. The number of thioether (sulfide) groups is 1. The molecule has 1 saturated carbocycles. The maximum atomic E-state index is 12.7. The lowest BCUT2D eigenvalue weighted by molar-refractivity contribution is -0.144. The molecule has 7 atom stereocenters. The summed E-state index contributed by atoms with van der Waals surface area (Å²) in [6, 6.07) is -0.977. The van der Waals surface area contributed by atoms with E-state index in [1.54, 1.807) is 7.11 Å². The molecule has 0 aromatic heterocycles. The molecule has 13 heteroatoms. The highest BCUT2D eigenvalue weighted by Gasteiger charge is 2.72. The highest BCUT2D eigenvalue weighted by atomic mass is 32.2. The van der Waals surface area contributed by atoms with Crippen LogP contribution in [0, 0.1) is 5.92 Å². The lowest BCUT2D eigenvalue weighted by Gasteiger charge is -2.42. The van der Waals surface area contributed by atoms with Crippen LogP contribution in [-0.2, 0) is 42.9 Å². The highest BCUT2D eigenvalue weighted by molar-refractivity contribution is 8.00. The van der Waals surface area contributed by atoms with E-state index < -0.39 is 47.7 Å². The average Bonchev–Trinajstić information content (AvgIpc) is 3.83. The highest BCUT2D eigenvalue weighted by Crippen LogP contribution is 2.59. The zero-order valence-corrected chi connectivity index (χ0v) is 26.1. The molecule has 3 amide bonds. The summed E-state index contributed by atoms with van der Waals surface area (Å²) in [4.78, 5) is 60.4. The number of carbonyl (C=O) groups excluding carboxylic acids is 5. The average molecular weight is 613 g/mol. The summed E-state index contributed by atoms with van der Waals surface area (Å²) >= 11 is 1.05. The summed E-state index contributed by atoms with van der Waals surface area (Å²) in [6.07, 6.45) is 2.91. The first-order chi connectivity index (χ1) is 19.8. The molecule has 2 N–H and O–H groups in total. The number of alkyl carbamates (subject to hydrolysis) is 1. The maximum Gasteiger partial charge on any atom is 0.414 e. The Morgan fingerprint density at radius 2 is 1.81 bits per heavy atom. The number of ether oxygens (including phenoxy) is 5. The standard InChI is InChI=1S/C29H44N2O10S/c1-17(2)10-11-21-28(4,41-21)25-24(37-5)20(12-13-29(25)16-39-29)40-27(36)31-23(34)15-42-14-19(26(35)38-6)30-22(33)9-7-8-18(3)32/h10,19-21,24-25H,7-9,11-16H2,1-6H3,(H,30,33)(H,31,34,36)/t19-,20-,21-,24-,25-,28?,29+/m1/s1.